The Hall–Kier alpha value is -1.09. The van der Waals surface area contributed by atoms with Gasteiger partial charge in [0, 0.05) is 18.0 Å². The predicted molar refractivity (Wildman–Crippen MR) is 55.9 cm³/mol. The van der Waals surface area contributed by atoms with Crippen LogP contribution in [0.15, 0.2) is 18.2 Å². The molecule has 0 saturated carbocycles. The van der Waals surface area contributed by atoms with Crippen molar-refractivity contribution in [1.82, 2.24) is 0 Å². The Labute approximate surface area is 83.3 Å². The fourth-order valence-electron chi connectivity index (χ4n) is 2.10. The quantitative estimate of drug-likeness (QED) is 0.716. The summed E-state index contributed by atoms with van der Waals surface area (Å²) in [7, 11) is 0. The van der Waals surface area contributed by atoms with Crippen LogP contribution in [-0.4, -0.2) is 12.6 Å². The van der Waals surface area contributed by atoms with Crippen molar-refractivity contribution in [2.45, 2.75) is 25.3 Å². The molecule has 14 heavy (non-hydrogen) atoms. The summed E-state index contributed by atoms with van der Waals surface area (Å²) in [6.45, 7) is 4.69. The third-order valence-electron chi connectivity index (χ3n) is 3.13. The minimum atomic E-state index is -0.188. The van der Waals surface area contributed by atoms with Crippen LogP contribution in [0.1, 0.15) is 19.4 Å². The van der Waals surface area contributed by atoms with E-state index in [9.17, 15) is 4.39 Å². The molecule has 0 amide bonds. The Morgan fingerprint density at radius 3 is 2.79 bits per heavy atom. The molecule has 1 unspecified atom stereocenters. The number of rotatable bonds is 1. The zero-order chi connectivity index (χ0) is 10.3. The van der Waals surface area contributed by atoms with E-state index in [1.165, 1.54) is 6.07 Å². The van der Waals surface area contributed by atoms with Crippen molar-refractivity contribution in [3.05, 3.63) is 29.6 Å². The Balaban J connectivity index is 2.54. The number of halogens is 1. The lowest BCUT2D eigenvalue weighted by Gasteiger charge is -2.26. The topological polar surface area (TPSA) is 38.0 Å². The standard InChI is InChI=1S/C11H15FN2/c1-11(2)7-4-3-5-8(12)10(7)14-9(11)6-13/h3-5,9,14H,6,13H2,1-2H3. The number of nitrogens with two attached hydrogens (primary N) is 1. The van der Waals surface area contributed by atoms with Gasteiger partial charge < -0.3 is 11.1 Å². The van der Waals surface area contributed by atoms with Crippen molar-refractivity contribution < 1.29 is 4.39 Å². The lowest BCUT2D eigenvalue weighted by molar-refractivity contribution is 0.466. The fourth-order valence-corrected chi connectivity index (χ4v) is 2.10. The maximum absolute atomic E-state index is 13.4. The van der Waals surface area contributed by atoms with Gasteiger partial charge in [0.25, 0.3) is 0 Å². The largest absolute Gasteiger partial charge is 0.378 e. The summed E-state index contributed by atoms with van der Waals surface area (Å²) in [4.78, 5) is 0. The van der Waals surface area contributed by atoms with Gasteiger partial charge in [0.2, 0.25) is 0 Å². The summed E-state index contributed by atoms with van der Waals surface area (Å²) in [5.41, 5.74) is 7.20. The SMILES string of the molecule is CC1(C)c2cccc(F)c2NC1CN. The van der Waals surface area contributed by atoms with E-state index in [1.54, 1.807) is 6.07 Å². The average Bonchev–Trinajstić information content (AvgIpc) is 2.40. The van der Waals surface area contributed by atoms with Crippen molar-refractivity contribution in [2.24, 2.45) is 5.73 Å². The summed E-state index contributed by atoms with van der Waals surface area (Å²) in [6, 6.07) is 5.30. The average molecular weight is 194 g/mol. The highest BCUT2D eigenvalue weighted by Crippen LogP contribution is 2.41. The van der Waals surface area contributed by atoms with Crippen molar-refractivity contribution in [1.29, 1.82) is 0 Å². The Morgan fingerprint density at radius 1 is 1.50 bits per heavy atom. The lowest BCUT2D eigenvalue weighted by Crippen LogP contribution is -2.39. The smallest absolute Gasteiger partial charge is 0.146 e. The molecule has 0 aliphatic carbocycles. The molecule has 0 saturated heterocycles. The third-order valence-corrected chi connectivity index (χ3v) is 3.13. The highest BCUT2D eigenvalue weighted by Gasteiger charge is 2.39. The molecule has 1 atom stereocenters. The fraction of sp³-hybridized carbons (Fsp3) is 0.455. The van der Waals surface area contributed by atoms with Crippen LogP contribution in [0.25, 0.3) is 0 Å². The van der Waals surface area contributed by atoms with Crippen LogP contribution >= 0.6 is 0 Å². The van der Waals surface area contributed by atoms with Gasteiger partial charge in [-0.15, -0.1) is 0 Å². The summed E-state index contributed by atoms with van der Waals surface area (Å²) in [5, 5.41) is 3.14. The first kappa shape index (κ1) is 9.46. The molecule has 0 spiro atoms. The molecule has 3 N–H and O–H groups in total. The number of benzene rings is 1. The molecule has 1 aromatic rings. The second-order valence-corrected chi connectivity index (χ2v) is 4.32. The van der Waals surface area contributed by atoms with Crippen LogP contribution in [0.3, 0.4) is 0 Å². The van der Waals surface area contributed by atoms with Gasteiger partial charge in [-0.25, -0.2) is 4.39 Å². The van der Waals surface area contributed by atoms with Crippen molar-refractivity contribution in [2.75, 3.05) is 11.9 Å². The van der Waals surface area contributed by atoms with E-state index in [0.29, 0.717) is 12.2 Å². The number of anilines is 1. The Kier molecular flexibility index (Phi) is 2.00. The molecule has 76 valence electrons. The van der Waals surface area contributed by atoms with Gasteiger partial charge in [-0.1, -0.05) is 26.0 Å². The summed E-state index contributed by atoms with van der Waals surface area (Å²) >= 11 is 0. The Bertz CT molecular complexity index is 360. The molecule has 2 nitrogen and oxygen atoms in total. The van der Waals surface area contributed by atoms with Crippen molar-refractivity contribution in [3.63, 3.8) is 0 Å². The molecule has 1 aliphatic heterocycles. The maximum atomic E-state index is 13.4. The highest BCUT2D eigenvalue weighted by atomic mass is 19.1. The van der Waals surface area contributed by atoms with Gasteiger partial charge in [-0.05, 0) is 11.6 Å². The van der Waals surface area contributed by atoms with Crippen molar-refractivity contribution >= 4 is 5.69 Å². The second kappa shape index (κ2) is 2.95. The van der Waals surface area contributed by atoms with Gasteiger partial charge in [-0.2, -0.15) is 0 Å². The monoisotopic (exact) mass is 194 g/mol. The van der Waals surface area contributed by atoms with Gasteiger partial charge in [0.15, 0.2) is 0 Å². The van der Waals surface area contributed by atoms with Crippen LogP contribution in [0, 0.1) is 5.82 Å². The van der Waals surface area contributed by atoms with Gasteiger partial charge in [-0.3, -0.25) is 0 Å². The summed E-state index contributed by atoms with van der Waals surface area (Å²) < 4.78 is 13.4. The minimum Gasteiger partial charge on any atom is -0.378 e. The second-order valence-electron chi connectivity index (χ2n) is 4.32. The summed E-state index contributed by atoms with van der Waals surface area (Å²) in [5.74, 6) is -0.188. The molecule has 1 aliphatic rings. The predicted octanol–water partition coefficient (Wildman–Crippen LogP) is 1.86. The van der Waals surface area contributed by atoms with Crippen LogP contribution in [0.5, 0.6) is 0 Å². The molecule has 0 fully saturated rings. The molecule has 0 radical (unpaired) electrons. The van der Waals surface area contributed by atoms with Crippen LogP contribution in [-0.2, 0) is 5.41 Å². The zero-order valence-corrected chi connectivity index (χ0v) is 8.47. The first-order chi connectivity index (χ1) is 6.57. The molecular formula is C11H15FN2. The van der Waals surface area contributed by atoms with Gasteiger partial charge >= 0.3 is 0 Å². The maximum Gasteiger partial charge on any atom is 0.146 e. The molecule has 1 aromatic carbocycles. The van der Waals surface area contributed by atoms with Crippen LogP contribution in [0.2, 0.25) is 0 Å². The van der Waals surface area contributed by atoms with E-state index >= 15 is 0 Å². The molecule has 3 heteroatoms. The highest BCUT2D eigenvalue weighted by molar-refractivity contribution is 5.62. The van der Waals surface area contributed by atoms with Gasteiger partial charge in [0.05, 0.1) is 5.69 Å². The first-order valence-electron chi connectivity index (χ1n) is 4.83. The van der Waals surface area contributed by atoms with E-state index in [4.69, 9.17) is 5.73 Å². The van der Waals surface area contributed by atoms with E-state index in [0.717, 1.165) is 5.56 Å². The number of fused-ring (bicyclic) bond motifs is 1. The minimum absolute atomic E-state index is 0.0911. The molecule has 0 bridgehead atoms. The zero-order valence-electron chi connectivity index (χ0n) is 8.47. The van der Waals surface area contributed by atoms with E-state index in [-0.39, 0.29) is 17.3 Å². The van der Waals surface area contributed by atoms with Crippen LogP contribution < -0.4 is 11.1 Å². The Morgan fingerprint density at radius 2 is 2.21 bits per heavy atom. The summed E-state index contributed by atoms with van der Waals surface area (Å²) in [6.07, 6.45) is 0. The van der Waals surface area contributed by atoms with Crippen LogP contribution in [0.4, 0.5) is 10.1 Å². The molecule has 2 rings (SSSR count). The van der Waals surface area contributed by atoms with Gasteiger partial charge in [0.1, 0.15) is 5.82 Å². The lowest BCUT2D eigenvalue weighted by atomic mass is 9.81. The van der Waals surface area contributed by atoms with E-state index in [2.05, 4.69) is 19.2 Å². The molecule has 0 aromatic heterocycles. The third kappa shape index (κ3) is 1.12. The number of hydrogen-bond acceptors (Lipinski definition) is 2. The molecule has 1 heterocycles. The first-order valence-corrected chi connectivity index (χ1v) is 4.83. The number of nitrogens with one attached hydrogen (secondary N) is 1. The van der Waals surface area contributed by atoms with Crippen molar-refractivity contribution in [3.8, 4) is 0 Å². The normalized spacial score (nSPS) is 23.0. The van der Waals surface area contributed by atoms with E-state index in [1.807, 2.05) is 6.07 Å². The molecular weight excluding hydrogens is 179 g/mol. The number of hydrogen-bond donors (Lipinski definition) is 2. The number of para-hydroxylation sites is 1. The van der Waals surface area contributed by atoms with E-state index < -0.39 is 0 Å².